The van der Waals surface area contributed by atoms with Crippen LogP contribution in [0.5, 0.6) is 11.5 Å². The Morgan fingerprint density at radius 1 is 1.09 bits per heavy atom. The number of carbonyl (C=O) groups excluding carboxylic acids is 2. The molecule has 2 heterocycles. The van der Waals surface area contributed by atoms with Gasteiger partial charge in [-0.1, -0.05) is 0 Å². The lowest BCUT2D eigenvalue weighted by molar-refractivity contribution is -0.111. The molecule has 2 aromatic carbocycles. The summed E-state index contributed by atoms with van der Waals surface area (Å²) in [5, 5.41) is 15.3. The summed E-state index contributed by atoms with van der Waals surface area (Å²) in [6, 6.07) is 17.5. The number of ether oxygens (including phenoxy) is 1. The molecule has 8 heteroatoms. The topological polar surface area (TPSA) is 120 Å². The van der Waals surface area contributed by atoms with E-state index in [1.165, 1.54) is 19.3 Å². The summed E-state index contributed by atoms with van der Waals surface area (Å²) in [5.41, 5.74) is 3.11. The number of pyridine rings is 1. The second kappa shape index (κ2) is 9.49. The van der Waals surface area contributed by atoms with Gasteiger partial charge in [-0.2, -0.15) is 5.26 Å². The van der Waals surface area contributed by atoms with Gasteiger partial charge in [-0.15, -0.1) is 0 Å². The minimum Gasteiger partial charge on any atom is -0.457 e. The molecule has 0 aliphatic rings. The zero-order chi connectivity index (χ0) is 23.2. The van der Waals surface area contributed by atoms with Crippen LogP contribution in [0.3, 0.4) is 0 Å². The lowest BCUT2D eigenvalue weighted by atomic mass is 10.1. The third-order valence-electron chi connectivity index (χ3n) is 4.81. The SMILES string of the molecule is CNC(=O)c1cc(Oc2ccc(NC(=O)/C=C/c3c[nH]c4ccc(C#N)cc34)cc2)ccn1. The van der Waals surface area contributed by atoms with Crippen molar-refractivity contribution in [2.75, 3.05) is 12.4 Å². The van der Waals surface area contributed by atoms with Gasteiger partial charge in [-0.25, -0.2) is 0 Å². The van der Waals surface area contributed by atoms with Gasteiger partial charge < -0.3 is 20.4 Å². The third-order valence-corrected chi connectivity index (χ3v) is 4.81. The number of rotatable bonds is 6. The minimum absolute atomic E-state index is 0.254. The Balaban J connectivity index is 1.40. The van der Waals surface area contributed by atoms with Gasteiger partial charge in [0.1, 0.15) is 17.2 Å². The number of nitriles is 1. The second-order valence-electron chi connectivity index (χ2n) is 7.02. The van der Waals surface area contributed by atoms with Gasteiger partial charge in [0.2, 0.25) is 5.91 Å². The second-order valence-corrected chi connectivity index (χ2v) is 7.02. The number of fused-ring (bicyclic) bond motifs is 1. The summed E-state index contributed by atoms with van der Waals surface area (Å²) in [5.74, 6) is 0.426. The summed E-state index contributed by atoms with van der Waals surface area (Å²) >= 11 is 0. The van der Waals surface area contributed by atoms with E-state index in [-0.39, 0.29) is 17.5 Å². The number of carbonyl (C=O) groups is 2. The van der Waals surface area contributed by atoms with Crippen molar-refractivity contribution in [1.29, 1.82) is 5.26 Å². The normalized spacial score (nSPS) is 10.7. The molecule has 33 heavy (non-hydrogen) atoms. The number of anilines is 1. The van der Waals surface area contributed by atoms with E-state index in [0.717, 1.165) is 16.5 Å². The molecule has 8 nitrogen and oxygen atoms in total. The number of hydrogen-bond acceptors (Lipinski definition) is 5. The van der Waals surface area contributed by atoms with Crippen molar-refractivity contribution in [3.63, 3.8) is 0 Å². The summed E-state index contributed by atoms with van der Waals surface area (Å²) < 4.78 is 5.76. The molecular formula is C25H19N5O3. The molecule has 2 aromatic heterocycles. The molecular weight excluding hydrogens is 418 g/mol. The Bertz CT molecular complexity index is 1400. The molecule has 0 radical (unpaired) electrons. The number of amides is 2. The maximum Gasteiger partial charge on any atom is 0.269 e. The molecule has 0 aliphatic carbocycles. The van der Waals surface area contributed by atoms with Gasteiger partial charge in [0.25, 0.3) is 5.91 Å². The molecule has 0 spiro atoms. The summed E-state index contributed by atoms with van der Waals surface area (Å²) in [4.78, 5) is 31.2. The van der Waals surface area contributed by atoms with E-state index in [9.17, 15) is 9.59 Å². The molecule has 0 saturated carbocycles. The number of benzene rings is 2. The molecule has 0 unspecified atom stereocenters. The molecule has 4 aromatic rings. The zero-order valence-electron chi connectivity index (χ0n) is 17.6. The van der Waals surface area contributed by atoms with Crippen LogP contribution in [-0.2, 0) is 4.79 Å². The summed E-state index contributed by atoms with van der Waals surface area (Å²) in [7, 11) is 1.53. The lowest BCUT2D eigenvalue weighted by Gasteiger charge is -2.08. The fraction of sp³-hybridized carbons (Fsp3) is 0.0400. The van der Waals surface area contributed by atoms with Crippen molar-refractivity contribution in [3.05, 3.63) is 89.9 Å². The highest BCUT2D eigenvalue weighted by Gasteiger charge is 2.07. The van der Waals surface area contributed by atoms with Crippen molar-refractivity contribution >= 4 is 34.5 Å². The lowest BCUT2D eigenvalue weighted by Crippen LogP contribution is -2.18. The molecule has 0 atom stereocenters. The number of nitrogens with one attached hydrogen (secondary N) is 3. The van der Waals surface area contributed by atoms with Crippen molar-refractivity contribution in [3.8, 4) is 17.6 Å². The number of aromatic nitrogens is 2. The van der Waals surface area contributed by atoms with E-state index in [0.29, 0.717) is 22.7 Å². The van der Waals surface area contributed by atoms with Gasteiger partial charge >= 0.3 is 0 Å². The van der Waals surface area contributed by atoms with Crippen LogP contribution in [0.25, 0.3) is 17.0 Å². The Kier molecular flexibility index (Phi) is 6.14. The van der Waals surface area contributed by atoms with Crippen LogP contribution < -0.4 is 15.4 Å². The van der Waals surface area contributed by atoms with E-state index in [1.807, 2.05) is 6.07 Å². The maximum atomic E-state index is 12.3. The first kappa shape index (κ1) is 21.3. The molecule has 0 bridgehead atoms. The molecule has 3 N–H and O–H groups in total. The van der Waals surface area contributed by atoms with Crippen LogP contribution in [0, 0.1) is 11.3 Å². The van der Waals surface area contributed by atoms with E-state index >= 15 is 0 Å². The molecule has 0 saturated heterocycles. The highest BCUT2D eigenvalue weighted by molar-refractivity contribution is 6.03. The largest absolute Gasteiger partial charge is 0.457 e. The standard InChI is InChI=1S/C25H19N5O3/c1-27-25(32)23-13-20(10-11-28-23)33-19-6-4-18(5-7-19)30-24(31)9-3-17-15-29-22-8-2-16(14-26)12-21(17)22/h2-13,15,29H,1H3,(H,27,32)(H,30,31)/b9-3+. The Labute approximate surface area is 189 Å². The first-order valence-electron chi connectivity index (χ1n) is 10.0. The average molecular weight is 437 g/mol. The predicted octanol–water partition coefficient (Wildman–Crippen LogP) is 4.24. The van der Waals surface area contributed by atoms with E-state index in [4.69, 9.17) is 10.00 Å². The number of aromatic amines is 1. The van der Waals surface area contributed by atoms with Gasteiger partial charge in [0, 0.05) is 48.2 Å². The van der Waals surface area contributed by atoms with Crippen LogP contribution in [0.15, 0.2) is 73.1 Å². The first-order valence-corrected chi connectivity index (χ1v) is 10.0. The van der Waals surface area contributed by atoms with Crippen molar-refractivity contribution < 1.29 is 14.3 Å². The van der Waals surface area contributed by atoms with Gasteiger partial charge in [-0.05, 0) is 60.2 Å². The average Bonchev–Trinajstić information content (AvgIpc) is 3.25. The number of hydrogen-bond donors (Lipinski definition) is 3. The maximum absolute atomic E-state index is 12.3. The van der Waals surface area contributed by atoms with E-state index in [2.05, 4.69) is 26.7 Å². The zero-order valence-corrected chi connectivity index (χ0v) is 17.6. The smallest absolute Gasteiger partial charge is 0.269 e. The molecule has 0 aliphatic heterocycles. The fourth-order valence-electron chi connectivity index (χ4n) is 3.17. The third kappa shape index (κ3) is 5.06. The van der Waals surface area contributed by atoms with Crippen LogP contribution >= 0.6 is 0 Å². The minimum atomic E-state index is -0.301. The summed E-state index contributed by atoms with van der Waals surface area (Å²) in [6.45, 7) is 0. The Hall–Kier alpha value is -4.90. The van der Waals surface area contributed by atoms with Crippen molar-refractivity contribution in [2.45, 2.75) is 0 Å². The van der Waals surface area contributed by atoms with Gasteiger partial charge in [-0.3, -0.25) is 14.6 Å². The van der Waals surface area contributed by atoms with Crippen LogP contribution in [-0.4, -0.2) is 28.8 Å². The Morgan fingerprint density at radius 2 is 1.91 bits per heavy atom. The highest BCUT2D eigenvalue weighted by Crippen LogP contribution is 2.24. The summed E-state index contributed by atoms with van der Waals surface area (Å²) in [6.07, 6.45) is 6.41. The highest BCUT2D eigenvalue weighted by atomic mass is 16.5. The predicted molar refractivity (Wildman–Crippen MR) is 125 cm³/mol. The van der Waals surface area contributed by atoms with E-state index < -0.39 is 0 Å². The molecule has 2 amide bonds. The quantitative estimate of drug-likeness (QED) is 0.390. The fourth-order valence-corrected chi connectivity index (χ4v) is 3.17. The molecule has 0 fully saturated rings. The monoisotopic (exact) mass is 437 g/mol. The van der Waals surface area contributed by atoms with E-state index in [1.54, 1.807) is 60.8 Å². The molecule has 162 valence electrons. The van der Waals surface area contributed by atoms with Crippen LogP contribution in [0.2, 0.25) is 0 Å². The first-order chi connectivity index (χ1) is 16.1. The number of nitrogens with zero attached hydrogens (tertiary/aromatic N) is 2. The number of H-pyrrole nitrogens is 1. The van der Waals surface area contributed by atoms with Crippen LogP contribution in [0.1, 0.15) is 21.6 Å². The van der Waals surface area contributed by atoms with Crippen LogP contribution in [0.4, 0.5) is 5.69 Å². The van der Waals surface area contributed by atoms with Crippen molar-refractivity contribution in [1.82, 2.24) is 15.3 Å². The molecule has 4 rings (SSSR count). The van der Waals surface area contributed by atoms with Gasteiger partial charge in [0.05, 0.1) is 11.6 Å². The Morgan fingerprint density at radius 3 is 2.67 bits per heavy atom. The van der Waals surface area contributed by atoms with Crippen molar-refractivity contribution in [2.24, 2.45) is 0 Å². The van der Waals surface area contributed by atoms with Gasteiger partial charge in [0.15, 0.2) is 0 Å².